The zero-order valence-corrected chi connectivity index (χ0v) is 16.9. The molecule has 2 rings (SSSR count). The molecule has 1 aromatic rings. The molecule has 2 N–H and O–H groups in total. The van der Waals surface area contributed by atoms with Crippen molar-refractivity contribution in [2.75, 3.05) is 37.6 Å². The molecule has 6 nitrogen and oxygen atoms in total. The number of carboxylic acids is 2. The van der Waals surface area contributed by atoms with Gasteiger partial charge in [-0.05, 0) is 32.4 Å². The molecular weight excluding hydrogens is 408 g/mol. The standard InChI is InChI=1S/C18H24F4N2.C2H2O4/c1-3-23(4-2)10-8-9-13-14(19)16(21)18(17(22)15(13)20)24-11-6-5-7-12-24;3-1(4)2(5)6/h8-9H,3-7,10-12H2,1-2H3;(H,3,4)(H,5,6). The van der Waals surface area contributed by atoms with Crippen molar-refractivity contribution in [2.24, 2.45) is 0 Å². The Morgan fingerprint density at radius 1 is 0.900 bits per heavy atom. The summed E-state index contributed by atoms with van der Waals surface area (Å²) >= 11 is 0. The zero-order chi connectivity index (χ0) is 22.8. The molecule has 0 atom stereocenters. The van der Waals surface area contributed by atoms with Gasteiger partial charge in [-0.1, -0.05) is 26.0 Å². The maximum absolute atomic E-state index is 14.3. The van der Waals surface area contributed by atoms with Gasteiger partial charge in [0.25, 0.3) is 0 Å². The summed E-state index contributed by atoms with van der Waals surface area (Å²) < 4.78 is 57.2. The quantitative estimate of drug-likeness (QED) is 0.403. The van der Waals surface area contributed by atoms with E-state index in [-0.39, 0.29) is 0 Å². The van der Waals surface area contributed by atoms with Crippen LogP contribution >= 0.6 is 0 Å². The van der Waals surface area contributed by atoms with E-state index in [4.69, 9.17) is 19.8 Å². The summed E-state index contributed by atoms with van der Waals surface area (Å²) in [4.78, 5) is 21.6. The number of rotatable bonds is 6. The SMILES string of the molecule is CCN(CC)CC=Cc1c(F)c(F)c(N2CCCCC2)c(F)c1F.O=C(O)C(=O)O. The van der Waals surface area contributed by atoms with Gasteiger partial charge in [-0.25, -0.2) is 27.2 Å². The van der Waals surface area contributed by atoms with Crippen LogP contribution in [0, 0.1) is 23.3 Å². The molecule has 0 saturated carbocycles. The van der Waals surface area contributed by atoms with E-state index in [1.54, 1.807) is 0 Å². The highest BCUT2D eigenvalue weighted by Crippen LogP contribution is 2.33. The van der Waals surface area contributed by atoms with Crippen LogP contribution in [0.3, 0.4) is 0 Å². The highest BCUT2D eigenvalue weighted by Gasteiger charge is 2.28. The lowest BCUT2D eigenvalue weighted by molar-refractivity contribution is -0.159. The molecule has 30 heavy (non-hydrogen) atoms. The van der Waals surface area contributed by atoms with Gasteiger partial charge in [0.05, 0.1) is 5.56 Å². The summed E-state index contributed by atoms with van der Waals surface area (Å²) in [6, 6.07) is 0. The van der Waals surface area contributed by atoms with Gasteiger partial charge in [0.1, 0.15) is 5.69 Å². The summed E-state index contributed by atoms with van der Waals surface area (Å²) in [6.07, 6.45) is 5.11. The Kier molecular flexibility index (Phi) is 10.3. The van der Waals surface area contributed by atoms with Gasteiger partial charge in [0.2, 0.25) is 0 Å². The fourth-order valence-electron chi connectivity index (χ4n) is 2.98. The van der Waals surface area contributed by atoms with E-state index >= 15 is 0 Å². The molecule has 0 aromatic heterocycles. The van der Waals surface area contributed by atoms with Crippen molar-refractivity contribution >= 4 is 23.7 Å². The number of nitrogens with zero attached hydrogens (tertiary/aromatic N) is 2. The number of hydrogen-bond donors (Lipinski definition) is 2. The van der Waals surface area contributed by atoms with Crippen molar-refractivity contribution in [3.8, 4) is 0 Å². The van der Waals surface area contributed by atoms with Gasteiger partial charge < -0.3 is 20.0 Å². The Morgan fingerprint density at radius 3 is 1.77 bits per heavy atom. The van der Waals surface area contributed by atoms with E-state index in [1.807, 2.05) is 18.7 Å². The molecule has 0 radical (unpaired) electrons. The van der Waals surface area contributed by atoms with Crippen LogP contribution in [-0.4, -0.2) is 59.8 Å². The molecule has 1 saturated heterocycles. The predicted molar refractivity (Wildman–Crippen MR) is 104 cm³/mol. The van der Waals surface area contributed by atoms with Crippen LogP contribution in [-0.2, 0) is 9.59 Å². The number of aliphatic carboxylic acids is 2. The molecule has 10 heteroatoms. The van der Waals surface area contributed by atoms with E-state index in [9.17, 15) is 17.6 Å². The van der Waals surface area contributed by atoms with E-state index in [2.05, 4.69) is 0 Å². The van der Waals surface area contributed by atoms with E-state index in [0.29, 0.717) is 19.6 Å². The monoisotopic (exact) mass is 434 g/mol. The van der Waals surface area contributed by atoms with Crippen LogP contribution in [0.1, 0.15) is 38.7 Å². The Morgan fingerprint density at radius 2 is 1.37 bits per heavy atom. The number of piperidine rings is 1. The van der Waals surface area contributed by atoms with Crippen molar-refractivity contribution < 1.29 is 37.4 Å². The molecular formula is C20H26F4N2O4. The smallest absolute Gasteiger partial charge is 0.414 e. The van der Waals surface area contributed by atoms with Crippen molar-refractivity contribution in [1.82, 2.24) is 4.90 Å². The normalized spacial score (nSPS) is 14.0. The molecule has 1 aliphatic rings. The minimum absolute atomic E-state index is 0.407. The molecule has 0 bridgehead atoms. The van der Waals surface area contributed by atoms with Crippen molar-refractivity contribution in [2.45, 2.75) is 33.1 Å². The Hall–Kier alpha value is -2.62. The lowest BCUT2D eigenvalue weighted by Crippen LogP contribution is -2.31. The van der Waals surface area contributed by atoms with Gasteiger partial charge in [-0.15, -0.1) is 0 Å². The van der Waals surface area contributed by atoms with Crippen LogP contribution < -0.4 is 4.90 Å². The molecule has 0 unspecified atom stereocenters. The molecule has 1 fully saturated rings. The fraction of sp³-hybridized carbons (Fsp3) is 0.500. The minimum Gasteiger partial charge on any atom is -0.473 e. The van der Waals surface area contributed by atoms with Crippen LogP contribution in [0.4, 0.5) is 23.2 Å². The third-order valence-corrected chi connectivity index (χ3v) is 4.67. The first-order chi connectivity index (χ1) is 14.1. The molecule has 1 aliphatic heterocycles. The van der Waals surface area contributed by atoms with Crippen LogP contribution in [0.15, 0.2) is 6.08 Å². The number of likely N-dealkylation sites (N-methyl/N-ethyl adjacent to an activating group) is 1. The summed E-state index contributed by atoms with van der Waals surface area (Å²) in [6.45, 7) is 6.76. The zero-order valence-electron chi connectivity index (χ0n) is 16.9. The second kappa shape index (κ2) is 12.2. The Balaban J connectivity index is 0.000000656. The van der Waals surface area contributed by atoms with E-state index in [1.165, 1.54) is 11.0 Å². The first-order valence-electron chi connectivity index (χ1n) is 9.61. The summed E-state index contributed by atoms with van der Waals surface area (Å²) in [7, 11) is 0. The maximum atomic E-state index is 14.3. The van der Waals surface area contributed by atoms with E-state index < -0.39 is 46.5 Å². The number of carbonyl (C=O) groups is 2. The molecule has 0 amide bonds. The predicted octanol–water partition coefficient (Wildman–Crippen LogP) is 3.74. The topological polar surface area (TPSA) is 81.1 Å². The Bertz CT molecular complexity index is 736. The van der Waals surface area contributed by atoms with E-state index in [0.717, 1.165) is 38.4 Å². The first-order valence-corrected chi connectivity index (χ1v) is 9.61. The minimum atomic E-state index is -1.82. The lowest BCUT2D eigenvalue weighted by Gasteiger charge is -2.29. The number of carboxylic acid groups (broad SMARTS) is 2. The van der Waals surface area contributed by atoms with Gasteiger partial charge in [-0.2, -0.15) is 0 Å². The Labute approximate surface area is 172 Å². The maximum Gasteiger partial charge on any atom is 0.414 e. The average Bonchev–Trinajstić information content (AvgIpc) is 2.73. The second-order valence-electron chi connectivity index (χ2n) is 6.56. The third-order valence-electron chi connectivity index (χ3n) is 4.67. The number of anilines is 1. The van der Waals surface area contributed by atoms with Gasteiger partial charge >= 0.3 is 11.9 Å². The van der Waals surface area contributed by atoms with Crippen LogP contribution in [0.5, 0.6) is 0 Å². The third kappa shape index (κ3) is 6.72. The first kappa shape index (κ1) is 25.4. The van der Waals surface area contributed by atoms with Crippen LogP contribution in [0.2, 0.25) is 0 Å². The van der Waals surface area contributed by atoms with Gasteiger partial charge in [-0.3, -0.25) is 0 Å². The summed E-state index contributed by atoms with van der Waals surface area (Å²) in [5, 5.41) is 14.8. The highest BCUT2D eigenvalue weighted by atomic mass is 19.2. The van der Waals surface area contributed by atoms with Gasteiger partial charge in [0, 0.05) is 19.6 Å². The number of halogens is 4. The number of hydrogen-bond acceptors (Lipinski definition) is 4. The molecule has 168 valence electrons. The molecule has 1 aromatic carbocycles. The lowest BCUT2D eigenvalue weighted by atomic mass is 10.1. The van der Waals surface area contributed by atoms with Crippen LogP contribution in [0.25, 0.3) is 6.08 Å². The average molecular weight is 434 g/mol. The molecule has 0 spiro atoms. The highest BCUT2D eigenvalue weighted by molar-refractivity contribution is 6.27. The molecule has 0 aliphatic carbocycles. The van der Waals surface area contributed by atoms with Gasteiger partial charge in [0.15, 0.2) is 23.3 Å². The fourth-order valence-corrected chi connectivity index (χ4v) is 2.98. The van der Waals surface area contributed by atoms with Crippen molar-refractivity contribution in [3.63, 3.8) is 0 Å². The number of benzene rings is 1. The van der Waals surface area contributed by atoms with Crippen molar-refractivity contribution in [3.05, 3.63) is 34.9 Å². The van der Waals surface area contributed by atoms with Crippen molar-refractivity contribution in [1.29, 1.82) is 0 Å². The largest absolute Gasteiger partial charge is 0.473 e. The molecule has 1 heterocycles. The summed E-state index contributed by atoms with van der Waals surface area (Å²) in [5.74, 6) is -8.92. The second-order valence-corrected chi connectivity index (χ2v) is 6.56. The summed E-state index contributed by atoms with van der Waals surface area (Å²) in [5.41, 5.74) is -1.23.